The highest BCUT2D eigenvalue weighted by molar-refractivity contribution is 6.02. The van der Waals surface area contributed by atoms with Crippen LogP contribution in [0, 0.1) is 17.6 Å². The van der Waals surface area contributed by atoms with Gasteiger partial charge in [-0.25, -0.2) is 38.2 Å². The van der Waals surface area contributed by atoms with Gasteiger partial charge in [0.15, 0.2) is 41.2 Å². The molecule has 0 bridgehead atoms. The van der Waals surface area contributed by atoms with Crippen LogP contribution in [0.15, 0.2) is 35.4 Å². The van der Waals surface area contributed by atoms with E-state index in [1.54, 1.807) is 26.9 Å². The fourth-order valence-corrected chi connectivity index (χ4v) is 10.2. The topological polar surface area (TPSA) is 245 Å². The Kier molecular flexibility index (Phi) is 12.5. The van der Waals surface area contributed by atoms with Crippen LogP contribution in [0.2, 0.25) is 0 Å². The molecule has 4 N–H and O–H groups in total. The minimum absolute atomic E-state index is 0.107. The van der Waals surface area contributed by atoms with E-state index in [1.807, 2.05) is 20.8 Å². The van der Waals surface area contributed by atoms with E-state index in [4.69, 9.17) is 24.8 Å². The van der Waals surface area contributed by atoms with Crippen molar-refractivity contribution in [2.45, 2.75) is 102 Å². The number of anilines is 3. The van der Waals surface area contributed by atoms with Crippen LogP contribution < -0.4 is 26.0 Å². The standard InChI is InChI=1S/C48H58F2N14O7/c1-47(2,3)64-44-37(42(51)54-25-55-44)38(58-64)39-36(41(71-59-39)26-6-7-26)43-52-20-29(21-53-43)70-30-22-62(23-30)46(68)69-24-35(66)60-12-10-27(11-13-60)48(4,5)63-16-14-61(15-17-63)40-31(49)18-28(19-32(40)50)56-33-8-9-34(65)57-45(33)67/h18-21,25-27,30,33,56H,6-17,22-24H2,1-5H3,(H2,51,54,55)(H,57,65,67)/t33-/m0/s1. The molecule has 1 aliphatic carbocycles. The number of imide groups is 1. The summed E-state index contributed by atoms with van der Waals surface area (Å²) < 4.78 is 50.0. The Hall–Kier alpha value is -7.04. The molecule has 4 aromatic heterocycles. The van der Waals surface area contributed by atoms with E-state index in [0.717, 1.165) is 25.7 Å². The summed E-state index contributed by atoms with van der Waals surface area (Å²) in [7, 11) is 0. The van der Waals surface area contributed by atoms with Gasteiger partial charge in [0.2, 0.25) is 11.8 Å². The molecule has 5 fully saturated rings. The molecule has 21 nitrogen and oxygen atoms in total. The molecule has 1 aromatic carbocycles. The first-order chi connectivity index (χ1) is 33.9. The second-order valence-electron chi connectivity index (χ2n) is 20.6. The van der Waals surface area contributed by atoms with Gasteiger partial charge in [0.25, 0.3) is 5.91 Å². The van der Waals surface area contributed by atoms with Crippen molar-refractivity contribution in [2.24, 2.45) is 5.92 Å². The van der Waals surface area contributed by atoms with Crippen molar-refractivity contribution >= 4 is 52.0 Å². The van der Waals surface area contributed by atoms with E-state index in [2.05, 4.69) is 54.5 Å². The first kappa shape index (κ1) is 47.6. The van der Waals surface area contributed by atoms with Gasteiger partial charge in [-0.05, 0) is 84.8 Å². The fraction of sp³-hybridized carbons (Fsp3) is 0.542. The van der Waals surface area contributed by atoms with E-state index in [-0.39, 0.29) is 85.0 Å². The smallest absolute Gasteiger partial charge is 0.410 e. The Bertz CT molecular complexity index is 2840. The summed E-state index contributed by atoms with van der Waals surface area (Å²) in [4.78, 5) is 75.1. The lowest BCUT2D eigenvalue weighted by molar-refractivity contribution is -0.137. The molecule has 4 aliphatic heterocycles. The lowest BCUT2D eigenvalue weighted by Gasteiger charge is -2.50. The monoisotopic (exact) mass is 980 g/mol. The number of carbonyl (C=O) groups is 4. The van der Waals surface area contributed by atoms with Gasteiger partial charge >= 0.3 is 6.09 Å². The molecule has 4 saturated heterocycles. The number of nitrogens with two attached hydrogens (primary N) is 1. The summed E-state index contributed by atoms with van der Waals surface area (Å²) in [5, 5.41) is 15.0. The number of likely N-dealkylation sites (tertiary alicyclic amines) is 2. The zero-order valence-electron chi connectivity index (χ0n) is 40.4. The van der Waals surface area contributed by atoms with Crippen LogP contribution in [0.3, 0.4) is 0 Å². The Morgan fingerprint density at radius 1 is 0.887 bits per heavy atom. The molecular formula is C48H58F2N14O7. The summed E-state index contributed by atoms with van der Waals surface area (Å²) in [6.45, 7) is 13.6. The average molecular weight is 981 g/mol. The molecule has 5 aromatic rings. The van der Waals surface area contributed by atoms with Gasteiger partial charge in [-0.3, -0.25) is 24.6 Å². The van der Waals surface area contributed by atoms with Gasteiger partial charge < -0.3 is 39.7 Å². The molecule has 0 spiro atoms. The number of nitrogens with zero attached hydrogens (tertiary/aromatic N) is 11. The Morgan fingerprint density at radius 2 is 1.58 bits per heavy atom. The zero-order chi connectivity index (χ0) is 49.9. The molecule has 376 valence electrons. The molecule has 5 aliphatic rings. The number of carbonyl (C=O) groups excluding carboxylic acids is 4. The summed E-state index contributed by atoms with van der Waals surface area (Å²) in [5.41, 5.74) is 7.87. The van der Waals surface area contributed by atoms with Crippen molar-refractivity contribution in [3.05, 3.63) is 48.2 Å². The number of piperidine rings is 2. The predicted octanol–water partition coefficient (Wildman–Crippen LogP) is 4.69. The van der Waals surface area contributed by atoms with E-state index >= 15 is 8.78 Å². The van der Waals surface area contributed by atoms with Gasteiger partial charge in [-0.15, -0.1) is 0 Å². The minimum atomic E-state index is -0.755. The third-order valence-electron chi connectivity index (χ3n) is 14.5. The van der Waals surface area contributed by atoms with Crippen molar-refractivity contribution in [3.8, 4) is 28.5 Å². The molecule has 71 heavy (non-hydrogen) atoms. The number of piperazine rings is 1. The zero-order valence-corrected chi connectivity index (χ0v) is 40.4. The van der Waals surface area contributed by atoms with Crippen LogP contribution in [-0.2, 0) is 24.7 Å². The summed E-state index contributed by atoms with van der Waals surface area (Å²) >= 11 is 0. The molecule has 4 amide bonds. The van der Waals surface area contributed by atoms with Crippen LogP contribution >= 0.6 is 0 Å². The van der Waals surface area contributed by atoms with Crippen LogP contribution in [0.25, 0.3) is 33.8 Å². The van der Waals surface area contributed by atoms with Crippen molar-refractivity contribution in [3.63, 3.8) is 0 Å². The maximum absolute atomic E-state index is 15.4. The van der Waals surface area contributed by atoms with Gasteiger partial charge in [0, 0.05) is 62.8 Å². The van der Waals surface area contributed by atoms with Crippen LogP contribution in [0.5, 0.6) is 5.75 Å². The molecule has 1 saturated carbocycles. The lowest BCUT2D eigenvalue weighted by Crippen LogP contribution is -2.59. The first-order valence-corrected chi connectivity index (χ1v) is 24.2. The number of benzene rings is 1. The molecule has 10 rings (SSSR count). The van der Waals surface area contributed by atoms with Crippen LogP contribution in [0.4, 0.5) is 30.8 Å². The van der Waals surface area contributed by atoms with E-state index < -0.39 is 35.2 Å². The number of nitrogens with one attached hydrogen (secondary N) is 2. The molecule has 0 unspecified atom stereocenters. The number of fused-ring (bicyclic) bond motifs is 1. The van der Waals surface area contributed by atoms with E-state index in [1.165, 1.54) is 23.4 Å². The largest absolute Gasteiger partial charge is 0.483 e. The average Bonchev–Trinajstić information content (AvgIpc) is 3.94. The second-order valence-corrected chi connectivity index (χ2v) is 20.6. The number of hydrogen-bond acceptors (Lipinski definition) is 17. The Morgan fingerprint density at radius 3 is 2.23 bits per heavy atom. The summed E-state index contributed by atoms with van der Waals surface area (Å²) in [5.74, 6) is -0.423. The molecule has 1 atom stereocenters. The van der Waals surface area contributed by atoms with Crippen molar-refractivity contribution < 1.29 is 42.0 Å². The lowest BCUT2D eigenvalue weighted by atomic mass is 9.78. The maximum Gasteiger partial charge on any atom is 0.410 e. The highest BCUT2D eigenvalue weighted by atomic mass is 19.1. The highest BCUT2D eigenvalue weighted by Crippen LogP contribution is 2.48. The molecule has 23 heteroatoms. The third kappa shape index (κ3) is 9.50. The third-order valence-corrected chi connectivity index (χ3v) is 14.5. The van der Waals surface area contributed by atoms with Gasteiger partial charge in [-0.1, -0.05) is 5.16 Å². The Labute approximate surface area is 407 Å². The summed E-state index contributed by atoms with van der Waals surface area (Å²) in [6.07, 6.45) is 7.42. The Balaban J connectivity index is 0.671. The van der Waals surface area contributed by atoms with Gasteiger partial charge in [0.05, 0.1) is 42.0 Å². The molecular weight excluding hydrogens is 923 g/mol. The normalized spacial score (nSPS) is 19.8. The van der Waals surface area contributed by atoms with Crippen LogP contribution in [0.1, 0.15) is 84.8 Å². The molecule has 8 heterocycles. The van der Waals surface area contributed by atoms with E-state index in [9.17, 15) is 19.2 Å². The van der Waals surface area contributed by atoms with Crippen molar-refractivity contribution in [1.82, 2.24) is 54.9 Å². The summed E-state index contributed by atoms with van der Waals surface area (Å²) in [6, 6.07) is 1.62. The minimum Gasteiger partial charge on any atom is -0.483 e. The maximum atomic E-state index is 15.4. The second kappa shape index (κ2) is 18.6. The number of aromatic nitrogens is 7. The van der Waals surface area contributed by atoms with Crippen molar-refractivity contribution in [1.29, 1.82) is 0 Å². The number of ether oxygens (including phenoxy) is 2. The predicted molar refractivity (Wildman–Crippen MR) is 254 cm³/mol. The van der Waals surface area contributed by atoms with Gasteiger partial charge in [-0.2, -0.15) is 5.10 Å². The van der Waals surface area contributed by atoms with Crippen LogP contribution in [-0.4, -0.2) is 150 Å². The first-order valence-electron chi connectivity index (χ1n) is 24.2. The number of rotatable bonds is 12. The SMILES string of the molecule is CC(C)(C1CCN(C(=O)COC(=O)N2CC(Oc3cnc(-c4c(-c5nn(C(C)(C)C)c6ncnc(N)c56)noc4C4CC4)nc3)C2)CC1)N1CCN(c2c(F)cc(N[C@H]3CCC(=O)NC3=O)cc2F)CC1. The quantitative estimate of drug-likeness (QED) is 0.144. The van der Waals surface area contributed by atoms with E-state index in [0.29, 0.717) is 84.6 Å². The number of halogens is 2. The number of nitrogen functional groups attached to an aromatic ring is 1. The number of hydrogen-bond donors (Lipinski definition) is 3. The van der Waals surface area contributed by atoms with Crippen molar-refractivity contribution in [2.75, 3.05) is 74.9 Å². The van der Waals surface area contributed by atoms with Gasteiger partial charge in [0.1, 0.15) is 41.4 Å². The molecule has 0 radical (unpaired) electrons. The highest BCUT2D eigenvalue weighted by Gasteiger charge is 2.41. The number of amides is 4. The fourth-order valence-electron chi connectivity index (χ4n) is 10.2.